The molecule has 4 aromatic heterocycles. The minimum atomic E-state index is -0.961. The maximum absolute atomic E-state index is 13.6. The number of aromatic nitrogens is 5. The van der Waals surface area contributed by atoms with Crippen molar-refractivity contribution in [3.05, 3.63) is 119 Å². The van der Waals surface area contributed by atoms with Crippen LogP contribution in [0.25, 0.3) is 22.3 Å². The molecule has 0 atom stereocenters. The second kappa shape index (κ2) is 22.5. The standard InChI is InChI=1S/C24H20FN5O2S.C21H18N6O2S/c1-31-10-11-32-18-4-2-16(3-5-18)22-20(12-26)23(30-14-17(25)15-30)29-24(21(22)13-27)33-19-6-8-28-9-7-19;1-28-9-10-29-16-6-4-14(5-7-16)19-17(11-22)20(24)26-21(18(19)12-23)30-13-15-3-2-8-25-27-15/h2-9,17H,10-11,14-15H2,1H3;2-8H,9-10,13H2,1H3,(H2,24,26). The Morgan fingerprint density at radius 2 is 1.25 bits per heavy atom. The minimum absolute atomic E-state index is 0.0774. The van der Waals surface area contributed by atoms with E-state index in [1.54, 1.807) is 92.3 Å². The van der Waals surface area contributed by atoms with E-state index in [2.05, 4.69) is 49.4 Å². The zero-order valence-electron chi connectivity index (χ0n) is 34.1. The molecule has 2 aromatic carbocycles. The van der Waals surface area contributed by atoms with Crippen LogP contribution in [-0.4, -0.2) is 85.1 Å². The topological polar surface area (TPSA) is 226 Å². The highest BCUT2D eigenvalue weighted by molar-refractivity contribution is 7.99. The number of ether oxygens (including phenoxy) is 4. The normalized spacial score (nSPS) is 11.8. The van der Waals surface area contributed by atoms with Crippen LogP contribution in [0.1, 0.15) is 27.9 Å². The number of nitriles is 4. The number of nitrogens with two attached hydrogens (primary N) is 1. The fourth-order valence-corrected chi connectivity index (χ4v) is 7.89. The van der Waals surface area contributed by atoms with E-state index >= 15 is 0 Å². The molecule has 0 bridgehead atoms. The minimum Gasteiger partial charge on any atom is -0.491 e. The van der Waals surface area contributed by atoms with Gasteiger partial charge in [0.15, 0.2) is 0 Å². The molecule has 1 aliphatic rings. The number of methoxy groups -OCH3 is 2. The van der Waals surface area contributed by atoms with E-state index in [4.69, 9.17) is 24.7 Å². The lowest BCUT2D eigenvalue weighted by Crippen LogP contribution is -2.49. The number of nitrogen functional groups attached to an aromatic ring is 1. The highest BCUT2D eigenvalue weighted by Gasteiger charge is 2.32. The van der Waals surface area contributed by atoms with E-state index in [1.807, 2.05) is 18.2 Å². The predicted molar refractivity (Wildman–Crippen MR) is 234 cm³/mol. The Kier molecular flexibility index (Phi) is 16.1. The van der Waals surface area contributed by atoms with Crippen LogP contribution in [0.2, 0.25) is 0 Å². The number of hydrogen-bond acceptors (Lipinski definition) is 17. The van der Waals surface area contributed by atoms with E-state index in [0.29, 0.717) is 92.9 Å². The van der Waals surface area contributed by atoms with Gasteiger partial charge in [0.1, 0.15) is 88.0 Å². The molecule has 1 fully saturated rings. The molecule has 63 heavy (non-hydrogen) atoms. The van der Waals surface area contributed by atoms with Crippen LogP contribution in [0.5, 0.6) is 11.5 Å². The first-order valence-electron chi connectivity index (χ1n) is 19.1. The average Bonchev–Trinajstić information content (AvgIpc) is 3.30. The van der Waals surface area contributed by atoms with Gasteiger partial charge in [-0.25, -0.2) is 14.4 Å². The fourth-order valence-electron chi connectivity index (χ4n) is 6.13. The summed E-state index contributed by atoms with van der Waals surface area (Å²) in [6.45, 7) is 2.11. The SMILES string of the molecule is COCCOc1ccc(-c2c(C#N)c(N)nc(SCc3cccnn3)c2C#N)cc1.COCCOc1ccc(-c2c(C#N)c(Sc3ccncc3)nc(N3CC(F)C3)c2C#N)cc1. The molecule has 7 rings (SSSR count). The summed E-state index contributed by atoms with van der Waals surface area (Å²) in [5.74, 6) is 2.24. The molecule has 5 heterocycles. The number of pyridine rings is 3. The van der Waals surface area contributed by atoms with Gasteiger partial charge in [0.25, 0.3) is 0 Å². The first-order valence-corrected chi connectivity index (χ1v) is 20.9. The predicted octanol–water partition coefficient (Wildman–Crippen LogP) is 7.40. The molecule has 1 aliphatic heterocycles. The van der Waals surface area contributed by atoms with Crippen molar-refractivity contribution in [3.63, 3.8) is 0 Å². The van der Waals surface area contributed by atoms with Gasteiger partial charge in [-0.2, -0.15) is 31.2 Å². The lowest BCUT2D eigenvalue weighted by Gasteiger charge is -2.36. The molecule has 0 unspecified atom stereocenters. The number of rotatable bonds is 16. The maximum atomic E-state index is 13.6. The number of nitrogens with zero attached hydrogens (tertiary/aromatic N) is 10. The average molecular weight is 880 g/mol. The fraction of sp³-hybridized carbons (Fsp3) is 0.222. The van der Waals surface area contributed by atoms with Gasteiger partial charge in [0, 0.05) is 54.6 Å². The van der Waals surface area contributed by atoms with Crippen molar-refractivity contribution in [2.45, 2.75) is 26.9 Å². The third-order valence-electron chi connectivity index (χ3n) is 9.17. The lowest BCUT2D eigenvalue weighted by atomic mass is 9.95. The molecule has 316 valence electrons. The van der Waals surface area contributed by atoms with Gasteiger partial charge in [0.2, 0.25) is 0 Å². The lowest BCUT2D eigenvalue weighted by molar-refractivity contribution is 0.146. The molecular formula is C45H38FN11O4S2. The van der Waals surface area contributed by atoms with Crippen LogP contribution < -0.4 is 20.1 Å². The molecule has 0 saturated carbocycles. The molecular weight excluding hydrogens is 842 g/mol. The van der Waals surface area contributed by atoms with Gasteiger partial charge < -0.3 is 29.6 Å². The Morgan fingerprint density at radius 3 is 1.76 bits per heavy atom. The molecule has 15 nitrogen and oxygen atoms in total. The van der Waals surface area contributed by atoms with Gasteiger partial charge in [-0.1, -0.05) is 47.8 Å². The molecule has 1 saturated heterocycles. The molecule has 18 heteroatoms. The summed E-state index contributed by atoms with van der Waals surface area (Å²) in [5, 5.41) is 48.3. The molecule has 2 N–H and O–H groups in total. The molecule has 0 radical (unpaired) electrons. The number of halogens is 1. The van der Waals surface area contributed by atoms with Gasteiger partial charge in [-0.05, 0) is 59.7 Å². The number of alkyl halides is 1. The summed E-state index contributed by atoms with van der Waals surface area (Å²) in [7, 11) is 3.21. The maximum Gasteiger partial charge on any atom is 0.148 e. The summed E-state index contributed by atoms with van der Waals surface area (Å²) in [5.41, 5.74) is 10.1. The summed E-state index contributed by atoms with van der Waals surface area (Å²) in [4.78, 5) is 15.5. The summed E-state index contributed by atoms with van der Waals surface area (Å²) < 4.78 is 34.8. The zero-order chi connectivity index (χ0) is 44.6. The number of hydrogen-bond donors (Lipinski definition) is 1. The zero-order valence-corrected chi connectivity index (χ0v) is 35.7. The van der Waals surface area contributed by atoms with Crippen molar-refractivity contribution >= 4 is 35.2 Å². The summed E-state index contributed by atoms with van der Waals surface area (Å²) in [6, 6.07) is 30.3. The van der Waals surface area contributed by atoms with Crippen molar-refractivity contribution in [2.24, 2.45) is 0 Å². The first-order chi connectivity index (χ1) is 30.8. The van der Waals surface area contributed by atoms with E-state index in [0.717, 1.165) is 10.6 Å². The number of benzene rings is 2. The van der Waals surface area contributed by atoms with Crippen LogP contribution in [-0.2, 0) is 15.2 Å². The van der Waals surface area contributed by atoms with Crippen molar-refractivity contribution in [3.8, 4) is 58.0 Å². The van der Waals surface area contributed by atoms with E-state index in [-0.39, 0.29) is 30.0 Å². The van der Waals surface area contributed by atoms with E-state index in [9.17, 15) is 25.4 Å². The second-order valence-corrected chi connectivity index (χ2v) is 15.3. The third-order valence-corrected chi connectivity index (χ3v) is 11.2. The van der Waals surface area contributed by atoms with Crippen LogP contribution in [0, 0.1) is 45.3 Å². The Bertz CT molecular complexity index is 2670. The Hall–Kier alpha value is -7.32. The number of thioether (sulfide) groups is 1. The molecule has 0 aliphatic carbocycles. The highest BCUT2D eigenvalue weighted by Crippen LogP contribution is 2.42. The van der Waals surface area contributed by atoms with Crippen LogP contribution >= 0.6 is 23.5 Å². The Balaban J connectivity index is 0.000000211. The Morgan fingerprint density at radius 1 is 0.698 bits per heavy atom. The van der Waals surface area contributed by atoms with Crippen molar-refractivity contribution < 1.29 is 23.3 Å². The first kappa shape index (κ1) is 45.2. The van der Waals surface area contributed by atoms with E-state index < -0.39 is 6.17 Å². The van der Waals surface area contributed by atoms with Gasteiger partial charge >= 0.3 is 0 Å². The molecule has 0 amide bonds. The van der Waals surface area contributed by atoms with Crippen molar-refractivity contribution in [2.75, 3.05) is 64.4 Å². The molecule has 6 aromatic rings. The third kappa shape index (κ3) is 11.3. The highest BCUT2D eigenvalue weighted by atomic mass is 32.2. The van der Waals surface area contributed by atoms with Crippen molar-refractivity contribution in [1.29, 1.82) is 21.0 Å². The largest absolute Gasteiger partial charge is 0.491 e. The second-order valence-electron chi connectivity index (χ2n) is 13.3. The quantitative estimate of drug-likeness (QED) is 0.0738. The monoisotopic (exact) mass is 879 g/mol. The van der Waals surface area contributed by atoms with Gasteiger partial charge in [0.05, 0.1) is 43.1 Å². The van der Waals surface area contributed by atoms with Crippen LogP contribution in [0.3, 0.4) is 0 Å². The van der Waals surface area contributed by atoms with Crippen LogP contribution in [0.4, 0.5) is 16.0 Å². The smallest absolute Gasteiger partial charge is 0.148 e. The van der Waals surface area contributed by atoms with E-state index in [1.165, 1.54) is 23.5 Å². The molecule has 0 spiro atoms. The Labute approximate surface area is 371 Å². The summed E-state index contributed by atoms with van der Waals surface area (Å²) >= 11 is 2.63. The van der Waals surface area contributed by atoms with Gasteiger partial charge in [-0.15, -0.1) is 0 Å². The summed E-state index contributed by atoms with van der Waals surface area (Å²) in [6.07, 6.45) is 3.95. The number of anilines is 2. The van der Waals surface area contributed by atoms with Gasteiger partial charge in [-0.3, -0.25) is 4.98 Å². The van der Waals surface area contributed by atoms with Crippen molar-refractivity contribution in [1.82, 2.24) is 25.1 Å². The van der Waals surface area contributed by atoms with Crippen LogP contribution in [0.15, 0.2) is 106 Å².